The van der Waals surface area contributed by atoms with Crippen molar-refractivity contribution in [3.05, 3.63) is 23.9 Å². The van der Waals surface area contributed by atoms with E-state index in [1.54, 1.807) is 0 Å². The molecule has 1 aliphatic carbocycles. The van der Waals surface area contributed by atoms with Gasteiger partial charge in [-0.25, -0.2) is 0 Å². The molecule has 96 valence electrons. The SMILES string of the molecule is Cc1c(OC2CCCC(N)C2)ccc2[nH]ncc12. The number of fused-ring (bicyclic) bond motifs is 1. The number of hydrogen-bond donors (Lipinski definition) is 2. The summed E-state index contributed by atoms with van der Waals surface area (Å²) in [5, 5.41) is 8.17. The number of aromatic amines is 1. The number of H-pyrrole nitrogens is 1. The number of aryl methyl sites for hydroxylation is 1. The highest BCUT2D eigenvalue weighted by Crippen LogP contribution is 2.29. The van der Waals surface area contributed by atoms with E-state index < -0.39 is 0 Å². The Balaban J connectivity index is 1.83. The van der Waals surface area contributed by atoms with Crippen LogP contribution in [-0.2, 0) is 0 Å². The third-order valence-electron chi connectivity index (χ3n) is 3.80. The first kappa shape index (κ1) is 11.5. The molecule has 3 rings (SSSR count). The van der Waals surface area contributed by atoms with Crippen LogP contribution in [0.5, 0.6) is 5.75 Å². The minimum atomic E-state index is 0.261. The van der Waals surface area contributed by atoms with E-state index in [1.807, 2.05) is 18.3 Å². The Morgan fingerprint density at radius 1 is 1.39 bits per heavy atom. The molecule has 3 N–H and O–H groups in total. The maximum Gasteiger partial charge on any atom is 0.123 e. The third kappa shape index (κ3) is 2.08. The summed E-state index contributed by atoms with van der Waals surface area (Å²) in [7, 11) is 0. The van der Waals surface area contributed by atoms with E-state index in [2.05, 4.69) is 17.1 Å². The Hall–Kier alpha value is -1.55. The van der Waals surface area contributed by atoms with Gasteiger partial charge in [0.05, 0.1) is 11.7 Å². The van der Waals surface area contributed by atoms with Gasteiger partial charge in [0.15, 0.2) is 0 Å². The predicted molar refractivity (Wildman–Crippen MR) is 71.7 cm³/mol. The van der Waals surface area contributed by atoms with E-state index in [0.29, 0.717) is 6.04 Å². The fourth-order valence-electron chi connectivity index (χ4n) is 2.73. The molecule has 1 aliphatic rings. The maximum absolute atomic E-state index is 6.11. The van der Waals surface area contributed by atoms with Crippen molar-refractivity contribution in [2.75, 3.05) is 0 Å². The minimum Gasteiger partial charge on any atom is -0.490 e. The fraction of sp³-hybridized carbons (Fsp3) is 0.500. The largest absolute Gasteiger partial charge is 0.490 e. The summed E-state index contributed by atoms with van der Waals surface area (Å²) in [4.78, 5) is 0. The van der Waals surface area contributed by atoms with Crippen LogP contribution < -0.4 is 10.5 Å². The predicted octanol–water partition coefficient (Wildman–Crippen LogP) is 2.52. The molecule has 4 nitrogen and oxygen atoms in total. The molecule has 1 heterocycles. The average Bonchev–Trinajstić information content (AvgIpc) is 2.82. The highest BCUT2D eigenvalue weighted by atomic mass is 16.5. The van der Waals surface area contributed by atoms with Gasteiger partial charge in [0, 0.05) is 17.0 Å². The number of aromatic nitrogens is 2. The number of nitrogens with one attached hydrogen (secondary N) is 1. The quantitative estimate of drug-likeness (QED) is 0.854. The van der Waals surface area contributed by atoms with Crippen molar-refractivity contribution in [2.24, 2.45) is 5.73 Å². The summed E-state index contributed by atoms with van der Waals surface area (Å²) in [5.41, 5.74) is 8.20. The first-order valence-electron chi connectivity index (χ1n) is 6.59. The van der Waals surface area contributed by atoms with Gasteiger partial charge in [-0.2, -0.15) is 5.10 Å². The lowest BCUT2D eigenvalue weighted by atomic mass is 9.93. The molecule has 0 saturated heterocycles. The maximum atomic E-state index is 6.11. The summed E-state index contributed by atoms with van der Waals surface area (Å²) in [6.07, 6.45) is 6.47. The number of nitrogens with two attached hydrogens (primary N) is 1. The zero-order valence-electron chi connectivity index (χ0n) is 10.6. The van der Waals surface area contributed by atoms with Crippen LogP contribution in [0.25, 0.3) is 10.9 Å². The lowest BCUT2D eigenvalue weighted by molar-refractivity contribution is 0.144. The van der Waals surface area contributed by atoms with E-state index in [4.69, 9.17) is 10.5 Å². The van der Waals surface area contributed by atoms with Gasteiger partial charge >= 0.3 is 0 Å². The van der Waals surface area contributed by atoms with Crippen molar-refractivity contribution < 1.29 is 4.74 Å². The van der Waals surface area contributed by atoms with Crippen LogP contribution in [0.3, 0.4) is 0 Å². The van der Waals surface area contributed by atoms with Crippen molar-refractivity contribution in [2.45, 2.75) is 44.8 Å². The molecule has 0 spiro atoms. The molecule has 2 unspecified atom stereocenters. The van der Waals surface area contributed by atoms with Crippen molar-refractivity contribution >= 4 is 10.9 Å². The van der Waals surface area contributed by atoms with Crippen molar-refractivity contribution in [1.82, 2.24) is 10.2 Å². The van der Waals surface area contributed by atoms with E-state index in [0.717, 1.165) is 41.5 Å². The van der Waals surface area contributed by atoms with Crippen molar-refractivity contribution in [3.63, 3.8) is 0 Å². The van der Waals surface area contributed by atoms with Crippen LogP contribution in [0.15, 0.2) is 18.3 Å². The zero-order chi connectivity index (χ0) is 12.5. The van der Waals surface area contributed by atoms with E-state index in [-0.39, 0.29) is 6.10 Å². The first-order valence-corrected chi connectivity index (χ1v) is 6.59. The molecule has 0 aliphatic heterocycles. The Morgan fingerprint density at radius 3 is 3.11 bits per heavy atom. The van der Waals surface area contributed by atoms with E-state index in [9.17, 15) is 0 Å². The fourth-order valence-corrected chi connectivity index (χ4v) is 2.73. The molecule has 4 heteroatoms. The monoisotopic (exact) mass is 245 g/mol. The van der Waals surface area contributed by atoms with E-state index >= 15 is 0 Å². The second kappa shape index (κ2) is 4.61. The summed E-state index contributed by atoms with van der Waals surface area (Å²) < 4.78 is 6.11. The first-order chi connectivity index (χ1) is 8.74. The van der Waals surface area contributed by atoms with Crippen LogP contribution in [0.4, 0.5) is 0 Å². The minimum absolute atomic E-state index is 0.261. The Bertz CT molecular complexity index is 549. The molecule has 0 amide bonds. The van der Waals surface area contributed by atoms with Gasteiger partial charge < -0.3 is 10.5 Å². The van der Waals surface area contributed by atoms with Gasteiger partial charge in [-0.05, 0) is 44.7 Å². The molecular weight excluding hydrogens is 226 g/mol. The molecule has 0 radical (unpaired) electrons. The molecule has 2 atom stereocenters. The third-order valence-corrected chi connectivity index (χ3v) is 3.80. The second-order valence-electron chi connectivity index (χ2n) is 5.19. The Labute approximate surface area is 107 Å². The zero-order valence-corrected chi connectivity index (χ0v) is 10.6. The lowest BCUT2D eigenvalue weighted by Gasteiger charge is -2.27. The highest BCUT2D eigenvalue weighted by Gasteiger charge is 2.21. The molecule has 1 saturated carbocycles. The van der Waals surface area contributed by atoms with Gasteiger partial charge in [-0.3, -0.25) is 5.10 Å². The van der Waals surface area contributed by atoms with Crippen molar-refractivity contribution in [3.8, 4) is 5.75 Å². The molecular formula is C14H19N3O. The highest BCUT2D eigenvalue weighted by molar-refractivity contribution is 5.83. The van der Waals surface area contributed by atoms with Crippen LogP contribution in [0.2, 0.25) is 0 Å². The van der Waals surface area contributed by atoms with Crippen LogP contribution in [0.1, 0.15) is 31.2 Å². The van der Waals surface area contributed by atoms with E-state index in [1.165, 1.54) is 6.42 Å². The number of rotatable bonds is 2. The van der Waals surface area contributed by atoms with Crippen LogP contribution in [0, 0.1) is 6.92 Å². The molecule has 18 heavy (non-hydrogen) atoms. The molecule has 2 aromatic rings. The molecule has 1 aromatic heterocycles. The summed E-state index contributed by atoms with van der Waals surface area (Å²) in [5.74, 6) is 0.961. The van der Waals surface area contributed by atoms with Crippen LogP contribution in [-0.4, -0.2) is 22.3 Å². The normalized spacial score (nSPS) is 24.3. The molecule has 0 bridgehead atoms. The number of benzene rings is 1. The number of ether oxygens (including phenoxy) is 1. The Kier molecular flexibility index (Phi) is 2.96. The van der Waals surface area contributed by atoms with Gasteiger partial charge in [0.2, 0.25) is 0 Å². The topological polar surface area (TPSA) is 63.9 Å². The lowest BCUT2D eigenvalue weighted by Crippen LogP contribution is -2.33. The molecule has 1 fully saturated rings. The number of nitrogens with zero attached hydrogens (tertiary/aromatic N) is 1. The Morgan fingerprint density at radius 2 is 2.28 bits per heavy atom. The van der Waals surface area contributed by atoms with Gasteiger partial charge in [0.1, 0.15) is 11.9 Å². The second-order valence-corrected chi connectivity index (χ2v) is 5.19. The van der Waals surface area contributed by atoms with Gasteiger partial charge in [-0.1, -0.05) is 0 Å². The van der Waals surface area contributed by atoms with Crippen LogP contribution >= 0.6 is 0 Å². The molecule has 1 aromatic carbocycles. The van der Waals surface area contributed by atoms with Crippen molar-refractivity contribution in [1.29, 1.82) is 0 Å². The number of hydrogen-bond acceptors (Lipinski definition) is 3. The summed E-state index contributed by atoms with van der Waals surface area (Å²) in [6, 6.07) is 4.34. The summed E-state index contributed by atoms with van der Waals surface area (Å²) in [6.45, 7) is 2.08. The average molecular weight is 245 g/mol. The smallest absolute Gasteiger partial charge is 0.123 e. The van der Waals surface area contributed by atoms with Gasteiger partial charge in [0.25, 0.3) is 0 Å². The summed E-state index contributed by atoms with van der Waals surface area (Å²) >= 11 is 0. The van der Waals surface area contributed by atoms with Gasteiger partial charge in [-0.15, -0.1) is 0 Å². The standard InChI is InChI=1S/C14H19N3O/c1-9-12-8-16-17-13(12)5-6-14(9)18-11-4-2-3-10(15)7-11/h5-6,8,10-11H,2-4,7,15H2,1H3,(H,16,17).